The van der Waals surface area contributed by atoms with E-state index in [1.807, 2.05) is 12.1 Å². The molecule has 3 nitrogen and oxygen atoms in total. The molecule has 0 N–H and O–H groups in total. The molecular formula is C78H54N2O. The summed E-state index contributed by atoms with van der Waals surface area (Å²) >= 11 is 0. The van der Waals surface area contributed by atoms with E-state index in [1.54, 1.807) is 0 Å². The second kappa shape index (κ2) is 21.6. The van der Waals surface area contributed by atoms with E-state index in [4.69, 9.17) is 4.42 Å². The van der Waals surface area contributed by atoms with Gasteiger partial charge >= 0.3 is 0 Å². The Morgan fingerprint density at radius 3 is 0.852 bits per heavy atom. The van der Waals surface area contributed by atoms with Gasteiger partial charge in [-0.15, -0.1) is 0 Å². The van der Waals surface area contributed by atoms with Crippen LogP contribution in [0.4, 0.5) is 34.1 Å². The molecule has 0 saturated heterocycles. The maximum absolute atomic E-state index is 6.39. The third kappa shape index (κ3) is 9.75. The molecule has 0 aliphatic rings. The fourth-order valence-electron chi connectivity index (χ4n) is 11.4. The molecule has 0 unspecified atom stereocenters. The quantitative estimate of drug-likeness (QED) is 0.115. The minimum Gasteiger partial charge on any atom is -0.456 e. The molecule has 0 radical (unpaired) electrons. The summed E-state index contributed by atoms with van der Waals surface area (Å²) in [6, 6.07) is 118. The van der Waals surface area contributed by atoms with Crippen molar-refractivity contribution in [2.75, 3.05) is 9.80 Å². The third-order valence-corrected chi connectivity index (χ3v) is 15.5. The van der Waals surface area contributed by atoms with Crippen LogP contribution in [-0.4, -0.2) is 0 Å². The average Bonchev–Trinajstić information content (AvgIpc) is 4.07. The van der Waals surface area contributed by atoms with Gasteiger partial charge in [-0.05, 0) is 146 Å². The number of fused-ring (bicyclic) bond motifs is 3. The standard InChI is InChI=1S/C78H54N2O/c1-6-18-55(19-7-1)59-34-43-67(44-35-59)79(68-45-36-60(37-46-68)56-20-8-2-9-21-56)75-54-76(80(69-47-38-61(39-48-69)57-22-10-3-11-23-57)70-49-40-62(41-50-70)58-24-12-4-13-25-58)74(53-73(75)64-26-14-5-15-27-64)65-32-30-63(31-33-65)66-42-51-72-71-28-16-17-29-77(71)81-78(72)52-66/h1-54H. The van der Waals surface area contributed by atoms with E-state index in [2.05, 4.69) is 325 Å². The van der Waals surface area contributed by atoms with Crippen molar-refractivity contribution in [1.82, 2.24) is 0 Å². The van der Waals surface area contributed by atoms with E-state index in [1.165, 1.54) is 22.3 Å². The van der Waals surface area contributed by atoms with Crippen molar-refractivity contribution in [3.05, 3.63) is 328 Å². The van der Waals surface area contributed by atoms with Crippen LogP contribution in [-0.2, 0) is 0 Å². The molecule has 0 spiro atoms. The molecule has 3 heteroatoms. The SMILES string of the molecule is c1ccc(-c2ccc(N(c3ccc(-c4ccccc4)cc3)c3cc(N(c4ccc(-c5ccccc5)cc4)c4ccc(-c5ccccc5)cc4)c(-c4ccc(-c5ccc6c(c5)oc5ccccc56)cc4)cc3-c3ccccc3)cc2)cc1. The second-order valence-electron chi connectivity index (χ2n) is 20.5. The fourth-order valence-corrected chi connectivity index (χ4v) is 11.4. The van der Waals surface area contributed by atoms with Crippen molar-refractivity contribution in [2.24, 2.45) is 0 Å². The molecule has 14 aromatic rings. The van der Waals surface area contributed by atoms with E-state index in [0.717, 1.165) is 112 Å². The van der Waals surface area contributed by atoms with Gasteiger partial charge in [0.1, 0.15) is 11.2 Å². The molecule has 0 saturated carbocycles. The first-order valence-electron chi connectivity index (χ1n) is 27.6. The zero-order valence-corrected chi connectivity index (χ0v) is 44.5. The maximum Gasteiger partial charge on any atom is 0.136 e. The maximum atomic E-state index is 6.39. The van der Waals surface area contributed by atoms with E-state index < -0.39 is 0 Å². The lowest BCUT2D eigenvalue weighted by Gasteiger charge is -2.33. The monoisotopic (exact) mass is 1030 g/mol. The highest BCUT2D eigenvalue weighted by Crippen LogP contribution is 2.51. The summed E-state index contributed by atoms with van der Waals surface area (Å²) in [4.78, 5) is 4.88. The van der Waals surface area contributed by atoms with E-state index in [-0.39, 0.29) is 0 Å². The number of rotatable bonds is 13. The van der Waals surface area contributed by atoms with E-state index in [0.29, 0.717) is 0 Å². The van der Waals surface area contributed by atoms with Gasteiger partial charge in [-0.3, -0.25) is 0 Å². The Morgan fingerprint density at radius 2 is 0.457 bits per heavy atom. The lowest BCUT2D eigenvalue weighted by Crippen LogP contribution is -2.15. The zero-order valence-electron chi connectivity index (χ0n) is 44.5. The smallest absolute Gasteiger partial charge is 0.136 e. The largest absolute Gasteiger partial charge is 0.456 e. The first-order valence-corrected chi connectivity index (χ1v) is 27.6. The van der Waals surface area contributed by atoms with Crippen LogP contribution >= 0.6 is 0 Å². The lowest BCUT2D eigenvalue weighted by molar-refractivity contribution is 0.669. The molecule has 382 valence electrons. The summed E-state index contributed by atoms with van der Waals surface area (Å²) in [5, 5.41) is 2.24. The van der Waals surface area contributed by atoms with Crippen LogP contribution in [0.25, 0.3) is 99.8 Å². The molecule has 81 heavy (non-hydrogen) atoms. The summed E-state index contributed by atoms with van der Waals surface area (Å²) in [6.45, 7) is 0. The molecule has 14 rings (SSSR count). The molecule has 0 bridgehead atoms. The van der Waals surface area contributed by atoms with Gasteiger partial charge in [-0.25, -0.2) is 0 Å². The van der Waals surface area contributed by atoms with Crippen molar-refractivity contribution >= 4 is 56.1 Å². The third-order valence-electron chi connectivity index (χ3n) is 15.5. The highest BCUT2D eigenvalue weighted by Gasteiger charge is 2.26. The van der Waals surface area contributed by atoms with Gasteiger partial charge in [0, 0.05) is 44.6 Å². The van der Waals surface area contributed by atoms with Crippen molar-refractivity contribution < 1.29 is 4.42 Å². The van der Waals surface area contributed by atoms with Gasteiger partial charge < -0.3 is 14.2 Å². The van der Waals surface area contributed by atoms with E-state index in [9.17, 15) is 0 Å². The summed E-state index contributed by atoms with van der Waals surface area (Å²) in [5.74, 6) is 0. The Kier molecular flexibility index (Phi) is 13.0. The van der Waals surface area contributed by atoms with Gasteiger partial charge in [0.25, 0.3) is 0 Å². The molecule has 0 fully saturated rings. The number of benzene rings is 13. The Bertz CT molecular complexity index is 4260. The second-order valence-corrected chi connectivity index (χ2v) is 20.5. The molecule has 0 amide bonds. The molecule has 1 aromatic heterocycles. The molecule has 13 aromatic carbocycles. The van der Waals surface area contributed by atoms with Gasteiger partial charge in [0.15, 0.2) is 0 Å². The number of hydrogen-bond donors (Lipinski definition) is 0. The Morgan fingerprint density at radius 1 is 0.185 bits per heavy atom. The number of para-hydroxylation sites is 1. The van der Waals surface area contributed by atoms with Crippen molar-refractivity contribution in [1.29, 1.82) is 0 Å². The van der Waals surface area contributed by atoms with Crippen LogP contribution in [0, 0.1) is 0 Å². The van der Waals surface area contributed by atoms with Crippen LogP contribution in [0.2, 0.25) is 0 Å². The van der Waals surface area contributed by atoms with Gasteiger partial charge in [0.05, 0.1) is 11.4 Å². The van der Waals surface area contributed by atoms with Gasteiger partial charge in [-0.1, -0.05) is 249 Å². The van der Waals surface area contributed by atoms with Crippen molar-refractivity contribution in [2.45, 2.75) is 0 Å². The highest BCUT2D eigenvalue weighted by molar-refractivity contribution is 6.06. The van der Waals surface area contributed by atoms with Gasteiger partial charge in [-0.2, -0.15) is 0 Å². The van der Waals surface area contributed by atoms with Crippen LogP contribution in [0.5, 0.6) is 0 Å². The summed E-state index contributed by atoms with van der Waals surface area (Å²) in [6.07, 6.45) is 0. The molecule has 1 heterocycles. The number of nitrogens with zero attached hydrogens (tertiary/aromatic N) is 2. The Hall–Kier alpha value is -10.7. The van der Waals surface area contributed by atoms with Crippen molar-refractivity contribution in [3.8, 4) is 77.9 Å². The van der Waals surface area contributed by atoms with E-state index >= 15 is 0 Å². The number of hydrogen-bond acceptors (Lipinski definition) is 3. The summed E-state index contributed by atoms with van der Waals surface area (Å²) in [7, 11) is 0. The lowest BCUT2D eigenvalue weighted by atomic mass is 9.92. The fraction of sp³-hybridized carbons (Fsp3) is 0. The van der Waals surface area contributed by atoms with Crippen LogP contribution in [0.3, 0.4) is 0 Å². The average molecular weight is 1040 g/mol. The highest BCUT2D eigenvalue weighted by atomic mass is 16.3. The summed E-state index contributed by atoms with van der Waals surface area (Å²) < 4.78 is 6.39. The first kappa shape index (κ1) is 48.6. The summed E-state index contributed by atoms with van der Waals surface area (Å²) in [5.41, 5.74) is 23.8. The van der Waals surface area contributed by atoms with Crippen molar-refractivity contribution in [3.63, 3.8) is 0 Å². The van der Waals surface area contributed by atoms with Crippen LogP contribution < -0.4 is 9.80 Å². The minimum atomic E-state index is 0.879. The predicted molar refractivity (Wildman–Crippen MR) is 341 cm³/mol. The Balaban J connectivity index is 1.01. The number of furan rings is 1. The zero-order chi connectivity index (χ0) is 53.9. The topological polar surface area (TPSA) is 19.6 Å². The molecular weight excluding hydrogens is 981 g/mol. The first-order chi connectivity index (χ1) is 40.1. The molecule has 0 atom stereocenters. The Labute approximate surface area is 473 Å². The van der Waals surface area contributed by atoms with Gasteiger partial charge in [0.2, 0.25) is 0 Å². The normalized spacial score (nSPS) is 11.2. The molecule has 0 aliphatic heterocycles. The van der Waals surface area contributed by atoms with Crippen LogP contribution in [0.15, 0.2) is 332 Å². The molecule has 0 aliphatic carbocycles. The number of anilines is 6. The predicted octanol–water partition coefficient (Wildman–Crippen LogP) is 22.2. The van der Waals surface area contributed by atoms with Crippen LogP contribution in [0.1, 0.15) is 0 Å². The minimum absolute atomic E-state index is 0.879.